The smallest absolute Gasteiger partial charge is 0.161 e. The molecule has 1 aliphatic rings. The normalized spacial score (nSPS) is 13.2. The third-order valence-electron chi connectivity index (χ3n) is 10.5. The number of para-hydroxylation sites is 3. The fourth-order valence-electron chi connectivity index (χ4n) is 8.25. The number of nitrogens with zero attached hydrogens (tertiary/aromatic N) is 2. The molecule has 0 amide bonds. The Hall–Kier alpha value is -6.32. The zero-order valence-electron chi connectivity index (χ0n) is 27.8. The molecule has 1 aliphatic carbocycles. The van der Waals surface area contributed by atoms with Crippen molar-refractivity contribution >= 4 is 32.8 Å². The van der Waals surface area contributed by atoms with Crippen molar-refractivity contribution in [1.82, 2.24) is 9.97 Å². The van der Waals surface area contributed by atoms with Crippen LogP contribution in [0.15, 0.2) is 162 Å². The first kappa shape index (κ1) is 28.7. The second kappa shape index (κ2) is 10.8. The summed E-state index contributed by atoms with van der Waals surface area (Å²) < 4.78 is 6.53. The molecule has 7 aromatic carbocycles. The van der Waals surface area contributed by atoms with Gasteiger partial charge in [-0.2, -0.15) is 0 Å². The molecule has 50 heavy (non-hydrogen) atoms. The zero-order chi connectivity index (χ0) is 33.4. The molecule has 0 spiro atoms. The number of fused-ring (bicyclic) bond motifs is 7. The van der Waals surface area contributed by atoms with Gasteiger partial charge >= 0.3 is 0 Å². The molecule has 9 aromatic rings. The maximum atomic E-state index is 6.53. The Morgan fingerprint density at radius 3 is 1.82 bits per heavy atom. The molecule has 3 heteroatoms. The van der Waals surface area contributed by atoms with Gasteiger partial charge in [0.2, 0.25) is 0 Å². The zero-order valence-corrected chi connectivity index (χ0v) is 27.8. The van der Waals surface area contributed by atoms with Crippen LogP contribution in [0.1, 0.15) is 33.4 Å². The van der Waals surface area contributed by atoms with Crippen molar-refractivity contribution in [3.05, 3.63) is 191 Å². The summed E-state index contributed by atoms with van der Waals surface area (Å²) in [5.41, 5.74) is 14.8. The van der Waals surface area contributed by atoms with E-state index in [1.54, 1.807) is 0 Å². The predicted molar refractivity (Wildman–Crippen MR) is 204 cm³/mol. The quantitative estimate of drug-likeness (QED) is 0.192. The van der Waals surface area contributed by atoms with Crippen molar-refractivity contribution in [2.24, 2.45) is 0 Å². The van der Waals surface area contributed by atoms with E-state index in [4.69, 9.17) is 14.4 Å². The van der Waals surface area contributed by atoms with Crippen LogP contribution in [-0.2, 0) is 5.41 Å². The highest BCUT2D eigenvalue weighted by Crippen LogP contribution is 2.58. The van der Waals surface area contributed by atoms with Crippen LogP contribution in [-0.4, -0.2) is 9.97 Å². The maximum Gasteiger partial charge on any atom is 0.161 e. The van der Waals surface area contributed by atoms with E-state index in [2.05, 4.69) is 159 Å². The number of aryl methyl sites for hydroxylation is 2. The second-order valence-corrected chi connectivity index (χ2v) is 13.4. The molecule has 0 radical (unpaired) electrons. The third kappa shape index (κ3) is 4.04. The molecule has 0 N–H and O–H groups in total. The van der Waals surface area contributed by atoms with Gasteiger partial charge in [-0.25, -0.2) is 9.97 Å². The van der Waals surface area contributed by atoms with E-state index >= 15 is 0 Å². The fourth-order valence-corrected chi connectivity index (χ4v) is 8.25. The SMILES string of the molecule is Cc1ccc(C2(c3ccc(C)cc3)c3ccccc3-c3c(-c4nc(-c5cccc6c5oc5ccccc56)c5ccccc5n4)cccc32)cc1. The topological polar surface area (TPSA) is 38.9 Å². The van der Waals surface area contributed by atoms with E-state index in [-0.39, 0.29) is 0 Å². The second-order valence-electron chi connectivity index (χ2n) is 13.4. The number of benzene rings is 7. The lowest BCUT2D eigenvalue weighted by atomic mass is 9.67. The monoisotopic (exact) mass is 640 g/mol. The van der Waals surface area contributed by atoms with Gasteiger partial charge < -0.3 is 4.42 Å². The number of aromatic nitrogens is 2. The van der Waals surface area contributed by atoms with Gasteiger partial charge in [0.05, 0.1) is 16.6 Å². The molecular formula is C47H32N2O. The van der Waals surface area contributed by atoms with E-state index in [1.165, 1.54) is 44.5 Å². The van der Waals surface area contributed by atoms with Crippen LogP contribution in [0.25, 0.3) is 66.6 Å². The molecule has 10 rings (SSSR count). The molecule has 0 fully saturated rings. The van der Waals surface area contributed by atoms with Gasteiger partial charge in [-0.15, -0.1) is 0 Å². The van der Waals surface area contributed by atoms with Gasteiger partial charge in [-0.3, -0.25) is 0 Å². The van der Waals surface area contributed by atoms with Crippen LogP contribution in [0, 0.1) is 13.8 Å². The van der Waals surface area contributed by atoms with Gasteiger partial charge in [0.25, 0.3) is 0 Å². The van der Waals surface area contributed by atoms with Gasteiger partial charge in [-0.1, -0.05) is 151 Å². The Labute approximate surface area is 290 Å². The summed E-state index contributed by atoms with van der Waals surface area (Å²) in [7, 11) is 0. The van der Waals surface area contributed by atoms with Crippen molar-refractivity contribution in [1.29, 1.82) is 0 Å². The van der Waals surface area contributed by atoms with E-state index in [0.29, 0.717) is 5.82 Å². The summed E-state index contributed by atoms with van der Waals surface area (Å²) in [6, 6.07) is 56.5. The Kier molecular flexibility index (Phi) is 6.22. The van der Waals surface area contributed by atoms with Crippen molar-refractivity contribution in [3.63, 3.8) is 0 Å². The van der Waals surface area contributed by atoms with E-state index in [9.17, 15) is 0 Å². The van der Waals surface area contributed by atoms with Gasteiger partial charge in [0.15, 0.2) is 5.82 Å². The van der Waals surface area contributed by atoms with Crippen molar-refractivity contribution in [3.8, 4) is 33.8 Å². The van der Waals surface area contributed by atoms with Crippen LogP contribution in [0.3, 0.4) is 0 Å². The number of hydrogen-bond donors (Lipinski definition) is 0. The summed E-state index contributed by atoms with van der Waals surface area (Å²) in [5.74, 6) is 0.696. The van der Waals surface area contributed by atoms with Crippen molar-refractivity contribution in [2.45, 2.75) is 19.3 Å². The van der Waals surface area contributed by atoms with Crippen LogP contribution >= 0.6 is 0 Å². The fraction of sp³-hybridized carbons (Fsp3) is 0.0638. The summed E-state index contributed by atoms with van der Waals surface area (Å²) in [6.07, 6.45) is 0. The molecule has 0 bridgehead atoms. The highest BCUT2D eigenvalue weighted by Gasteiger charge is 2.47. The molecule has 3 nitrogen and oxygen atoms in total. The lowest BCUT2D eigenvalue weighted by Crippen LogP contribution is -2.28. The Morgan fingerprint density at radius 2 is 1.04 bits per heavy atom. The highest BCUT2D eigenvalue weighted by molar-refractivity contribution is 6.11. The molecule has 2 heterocycles. The molecular weight excluding hydrogens is 609 g/mol. The van der Waals surface area contributed by atoms with Crippen LogP contribution in [0.4, 0.5) is 0 Å². The first-order chi connectivity index (χ1) is 24.6. The van der Waals surface area contributed by atoms with E-state index in [1.807, 2.05) is 12.1 Å². The number of rotatable bonds is 4. The molecule has 0 saturated heterocycles. The minimum Gasteiger partial charge on any atom is -0.455 e. The summed E-state index contributed by atoms with van der Waals surface area (Å²) in [6.45, 7) is 4.30. The summed E-state index contributed by atoms with van der Waals surface area (Å²) >= 11 is 0. The minimum atomic E-state index is -0.511. The molecule has 2 aromatic heterocycles. The minimum absolute atomic E-state index is 0.511. The van der Waals surface area contributed by atoms with Crippen LogP contribution < -0.4 is 0 Å². The lowest BCUT2D eigenvalue weighted by Gasteiger charge is -2.34. The van der Waals surface area contributed by atoms with E-state index in [0.717, 1.165) is 49.7 Å². The third-order valence-corrected chi connectivity index (χ3v) is 10.5. The predicted octanol–water partition coefficient (Wildman–Crippen LogP) is 11.8. The van der Waals surface area contributed by atoms with Crippen molar-refractivity contribution < 1.29 is 4.42 Å². The van der Waals surface area contributed by atoms with E-state index < -0.39 is 5.41 Å². The van der Waals surface area contributed by atoms with Gasteiger partial charge in [0, 0.05) is 27.3 Å². The molecule has 0 unspecified atom stereocenters. The first-order valence-electron chi connectivity index (χ1n) is 17.2. The van der Waals surface area contributed by atoms with Crippen LogP contribution in [0.2, 0.25) is 0 Å². The average molecular weight is 641 g/mol. The maximum absolute atomic E-state index is 6.53. The highest BCUT2D eigenvalue weighted by atomic mass is 16.3. The number of furan rings is 1. The largest absolute Gasteiger partial charge is 0.455 e. The summed E-state index contributed by atoms with van der Waals surface area (Å²) in [4.78, 5) is 10.7. The number of hydrogen-bond acceptors (Lipinski definition) is 3. The Morgan fingerprint density at radius 1 is 0.460 bits per heavy atom. The molecule has 0 aliphatic heterocycles. The first-order valence-corrected chi connectivity index (χ1v) is 17.2. The molecule has 0 saturated carbocycles. The van der Waals surface area contributed by atoms with Gasteiger partial charge in [0.1, 0.15) is 11.2 Å². The Bertz CT molecular complexity index is 2730. The van der Waals surface area contributed by atoms with Crippen LogP contribution in [0.5, 0.6) is 0 Å². The Balaban J connectivity index is 1.28. The lowest BCUT2D eigenvalue weighted by molar-refractivity contribution is 0.670. The molecule has 0 atom stereocenters. The van der Waals surface area contributed by atoms with Crippen molar-refractivity contribution in [2.75, 3.05) is 0 Å². The van der Waals surface area contributed by atoms with Gasteiger partial charge in [-0.05, 0) is 65.4 Å². The molecule has 236 valence electrons. The summed E-state index contributed by atoms with van der Waals surface area (Å²) in [5, 5.41) is 3.17. The standard InChI is InChI=1S/C47H32N2O/c1-29-21-25-31(26-22-29)47(32-27-23-30(2)24-28-32)39-17-6-3-12-35(39)43-37(15-10-18-40(43)47)46-48-41-19-7-4-13-36(41)44(49-46)38-16-9-14-34-33-11-5-8-20-42(33)50-45(34)38/h3-28H,1-2H3. The average Bonchev–Trinajstić information content (AvgIpc) is 3.69.